The summed E-state index contributed by atoms with van der Waals surface area (Å²) in [4.78, 5) is 39.2. The van der Waals surface area contributed by atoms with E-state index in [-0.39, 0.29) is 17.6 Å². The smallest absolute Gasteiger partial charge is 0.310 e. The number of aliphatic hydroxyl groups is 2. The predicted molar refractivity (Wildman–Crippen MR) is 135 cm³/mol. The Balaban J connectivity index is 1.68. The van der Waals surface area contributed by atoms with Gasteiger partial charge in [-0.1, -0.05) is 39.3 Å². The maximum absolute atomic E-state index is 14.0. The number of aldehydes is 1. The highest BCUT2D eigenvalue weighted by Gasteiger charge is 2.73. The van der Waals surface area contributed by atoms with Gasteiger partial charge in [0.2, 0.25) is 0 Å². The monoisotopic (exact) mass is 500 g/mol. The van der Waals surface area contributed by atoms with Crippen LogP contribution in [-0.2, 0) is 14.4 Å². The van der Waals surface area contributed by atoms with Crippen LogP contribution in [0.2, 0.25) is 0 Å². The molecule has 5 rings (SSSR count). The third-order valence-corrected chi connectivity index (χ3v) is 13.1. The molecule has 5 aliphatic rings. The van der Waals surface area contributed by atoms with Gasteiger partial charge < -0.3 is 20.1 Å². The number of hydrogen-bond donors (Lipinski definition) is 3. The molecule has 4 saturated carbocycles. The minimum absolute atomic E-state index is 0.0215. The highest BCUT2D eigenvalue weighted by Crippen LogP contribution is 2.75. The largest absolute Gasteiger partial charge is 0.481 e. The molecule has 36 heavy (non-hydrogen) atoms. The van der Waals surface area contributed by atoms with Crippen LogP contribution in [0.5, 0.6) is 0 Å². The summed E-state index contributed by atoms with van der Waals surface area (Å²) in [5.74, 6) is -1.68. The van der Waals surface area contributed by atoms with Gasteiger partial charge in [0.15, 0.2) is 0 Å². The lowest BCUT2D eigenvalue weighted by Crippen LogP contribution is -2.69. The van der Waals surface area contributed by atoms with Crippen LogP contribution in [0, 0.1) is 50.7 Å². The molecule has 0 aliphatic heterocycles. The van der Waals surface area contributed by atoms with Gasteiger partial charge in [0, 0.05) is 18.3 Å². The third-order valence-electron chi connectivity index (χ3n) is 13.1. The van der Waals surface area contributed by atoms with Gasteiger partial charge in [-0.3, -0.25) is 9.59 Å². The average molecular weight is 501 g/mol. The van der Waals surface area contributed by atoms with Crippen LogP contribution in [0.1, 0.15) is 92.9 Å². The molecule has 200 valence electrons. The van der Waals surface area contributed by atoms with Crippen LogP contribution < -0.4 is 0 Å². The molecule has 0 aromatic rings. The molecule has 6 heteroatoms. The van der Waals surface area contributed by atoms with Crippen LogP contribution in [0.15, 0.2) is 11.6 Å². The maximum Gasteiger partial charge on any atom is 0.310 e. The molecule has 0 aromatic heterocycles. The van der Waals surface area contributed by atoms with Gasteiger partial charge >= 0.3 is 5.97 Å². The lowest BCUT2D eigenvalue weighted by molar-refractivity contribution is -0.213. The summed E-state index contributed by atoms with van der Waals surface area (Å²) in [7, 11) is 0. The zero-order chi connectivity index (χ0) is 26.7. The first kappa shape index (κ1) is 26.1. The van der Waals surface area contributed by atoms with E-state index in [1.54, 1.807) is 6.92 Å². The molecule has 0 radical (unpaired) electrons. The van der Waals surface area contributed by atoms with Crippen LogP contribution in [0.25, 0.3) is 0 Å². The molecule has 2 unspecified atom stereocenters. The number of aliphatic carboxylic acids is 1. The van der Waals surface area contributed by atoms with Gasteiger partial charge in [0.1, 0.15) is 12.1 Å². The molecule has 11 atom stereocenters. The quantitative estimate of drug-likeness (QED) is 0.378. The van der Waals surface area contributed by atoms with Crippen molar-refractivity contribution in [3.05, 3.63) is 11.6 Å². The molecule has 0 amide bonds. The fourth-order valence-electron chi connectivity index (χ4n) is 10.6. The summed E-state index contributed by atoms with van der Waals surface area (Å²) < 4.78 is 0. The van der Waals surface area contributed by atoms with Crippen molar-refractivity contribution in [1.29, 1.82) is 0 Å². The number of allylic oxidation sites excluding steroid dienone is 1. The van der Waals surface area contributed by atoms with Crippen molar-refractivity contribution in [1.82, 2.24) is 0 Å². The van der Waals surface area contributed by atoms with E-state index in [9.17, 15) is 29.7 Å². The number of Topliss-reactive ketones (excluding diaryl/α,β-unsaturated/α-hetero) is 1. The fraction of sp³-hybridized carbons (Fsp3) is 0.833. The van der Waals surface area contributed by atoms with E-state index in [0.29, 0.717) is 51.4 Å². The number of carbonyl (C=O) groups is 3. The molecular weight excluding hydrogens is 456 g/mol. The van der Waals surface area contributed by atoms with Crippen molar-refractivity contribution in [3.8, 4) is 0 Å². The Morgan fingerprint density at radius 3 is 2.31 bits per heavy atom. The second-order valence-corrected chi connectivity index (χ2v) is 14.4. The van der Waals surface area contributed by atoms with E-state index in [0.717, 1.165) is 11.9 Å². The summed E-state index contributed by atoms with van der Waals surface area (Å²) in [6, 6.07) is 0. The Morgan fingerprint density at radius 2 is 1.69 bits per heavy atom. The molecule has 0 aromatic carbocycles. The molecular formula is C30H44O6. The Labute approximate surface area is 214 Å². The first-order chi connectivity index (χ1) is 16.6. The summed E-state index contributed by atoms with van der Waals surface area (Å²) in [6.07, 6.45) is 6.81. The number of rotatable bonds is 2. The second-order valence-electron chi connectivity index (χ2n) is 14.4. The van der Waals surface area contributed by atoms with Crippen LogP contribution in [0.3, 0.4) is 0 Å². The SMILES string of the molecule is C[C@@H]1CC[C@]2(C(=O)O)CC[C@]3(C)C(=CC[C@@H]4[C@@]5(C)CCC(O)C(C)(C=O)[C@@H]5C(=O)C[C@]43C)[C@@H]2[C@]1(C)O. The van der Waals surface area contributed by atoms with E-state index in [2.05, 4.69) is 26.8 Å². The highest BCUT2D eigenvalue weighted by molar-refractivity contribution is 5.88. The maximum atomic E-state index is 14.0. The standard InChI is InChI=1S/C30H44O6/c1-17-9-12-30(24(34)35)14-13-27(4)18(22(30)29(17,6)36)7-8-20-25(2)11-10-21(33)26(3,16-31)23(25)19(32)15-28(20,27)5/h7,16-17,20-23,33,36H,8-15H2,1-6H3,(H,34,35)/t17-,20-,21?,22-,23-,25-,26?,27-,28-,29-,30+/m1/s1. The van der Waals surface area contributed by atoms with E-state index in [1.807, 2.05) is 13.8 Å². The van der Waals surface area contributed by atoms with E-state index in [1.165, 1.54) is 0 Å². The van der Waals surface area contributed by atoms with Crippen molar-refractivity contribution < 1.29 is 29.7 Å². The van der Waals surface area contributed by atoms with Crippen molar-refractivity contribution in [2.75, 3.05) is 0 Å². The van der Waals surface area contributed by atoms with Crippen LogP contribution in [-0.4, -0.2) is 45.1 Å². The molecule has 5 aliphatic carbocycles. The summed E-state index contributed by atoms with van der Waals surface area (Å²) in [6.45, 7) is 12.2. The van der Waals surface area contributed by atoms with Gasteiger partial charge in [-0.25, -0.2) is 0 Å². The molecule has 0 saturated heterocycles. The topological polar surface area (TPSA) is 112 Å². The first-order valence-corrected chi connectivity index (χ1v) is 13.9. The lowest BCUT2D eigenvalue weighted by Gasteiger charge is -2.70. The number of hydrogen-bond acceptors (Lipinski definition) is 5. The van der Waals surface area contributed by atoms with Gasteiger partial charge in [-0.2, -0.15) is 0 Å². The van der Waals surface area contributed by atoms with E-state index < -0.39 is 56.6 Å². The molecule has 0 bridgehead atoms. The normalized spacial score (nSPS) is 56.4. The minimum Gasteiger partial charge on any atom is -0.481 e. The molecule has 3 N–H and O–H groups in total. The van der Waals surface area contributed by atoms with Crippen molar-refractivity contribution in [2.45, 2.75) is 105 Å². The Kier molecular flexibility index (Phi) is 5.46. The minimum atomic E-state index is -1.15. The van der Waals surface area contributed by atoms with Crippen molar-refractivity contribution in [3.63, 3.8) is 0 Å². The van der Waals surface area contributed by atoms with Crippen LogP contribution >= 0.6 is 0 Å². The number of carboxylic acids is 1. The number of carboxylic acid groups (broad SMARTS) is 1. The Morgan fingerprint density at radius 1 is 1.03 bits per heavy atom. The summed E-state index contributed by atoms with van der Waals surface area (Å²) in [5, 5.41) is 33.2. The fourth-order valence-corrected chi connectivity index (χ4v) is 10.6. The van der Waals surface area contributed by atoms with Crippen LogP contribution in [0.4, 0.5) is 0 Å². The average Bonchev–Trinajstić information content (AvgIpc) is 2.79. The number of ketones is 1. The van der Waals surface area contributed by atoms with Gasteiger partial charge in [-0.15, -0.1) is 0 Å². The van der Waals surface area contributed by atoms with Gasteiger partial charge in [0.25, 0.3) is 0 Å². The van der Waals surface area contributed by atoms with Gasteiger partial charge in [0.05, 0.1) is 22.5 Å². The number of carbonyl (C=O) groups excluding carboxylic acids is 2. The van der Waals surface area contributed by atoms with Gasteiger partial charge in [-0.05, 0) is 86.9 Å². The predicted octanol–water partition coefficient (Wildman–Crippen LogP) is 4.56. The first-order valence-electron chi connectivity index (χ1n) is 13.9. The highest BCUT2D eigenvalue weighted by atomic mass is 16.4. The zero-order valence-corrected chi connectivity index (χ0v) is 22.8. The van der Waals surface area contributed by atoms with Crippen molar-refractivity contribution >= 4 is 18.0 Å². The number of fused-ring (bicyclic) bond motifs is 7. The molecule has 4 fully saturated rings. The number of aliphatic hydroxyl groups excluding tert-OH is 1. The Bertz CT molecular complexity index is 1050. The molecule has 6 nitrogen and oxygen atoms in total. The molecule has 0 spiro atoms. The lowest BCUT2D eigenvalue weighted by atomic mass is 9.33. The third kappa shape index (κ3) is 2.78. The summed E-state index contributed by atoms with van der Waals surface area (Å²) in [5.41, 5.74) is -3.48. The summed E-state index contributed by atoms with van der Waals surface area (Å²) >= 11 is 0. The van der Waals surface area contributed by atoms with E-state index >= 15 is 0 Å². The Hall–Kier alpha value is -1.53. The van der Waals surface area contributed by atoms with Crippen molar-refractivity contribution in [2.24, 2.45) is 50.7 Å². The second kappa shape index (κ2) is 7.53. The van der Waals surface area contributed by atoms with E-state index in [4.69, 9.17) is 0 Å². The zero-order valence-electron chi connectivity index (χ0n) is 22.8. The molecule has 0 heterocycles.